The predicted molar refractivity (Wildman–Crippen MR) is 118 cm³/mol. The van der Waals surface area contributed by atoms with Crippen LogP contribution in [0.5, 0.6) is 11.5 Å². The first-order chi connectivity index (χ1) is 15.1. The zero-order chi connectivity index (χ0) is 21.6. The highest BCUT2D eigenvalue weighted by Gasteiger charge is 2.23. The highest BCUT2D eigenvalue weighted by atomic mass is 16.5. The zero-order valence-electron chi connectivity index (χ0n) is 18.0. The second kappa shape index (κ2) is 9.66. The molecule has 0 radical (unpaired) electrons. The van der Waals surface area contributed by atoms with Crippen LogP contribution in [0.2, 0.25) is 0 Å². The summed E-state index contributed by atoms with van der Waals surface area (Å²) in [5.41, 5.74) is 3.04. The van der Waals surface area contributed by atoms with Crippen LogP contribution in [0.25, 0.3) is 5.69 Å². The van der Waals surface area contributed by atoms with E-state index in [1.165, 1.54) is 0 Å². The number of ether oxygens (including phenoxy) is 2. The topological polar surface area (TPSA) is 68.6 Å². The van der Waals surface area contributed by atoms with Gasteiger partial charge in [0.1, 0.15) is 17.6 Å². The van der Waals surface area contributed by atoms with Gasteiger partial charge in [-0.25, -0.2) is 4.68 Å². The third-order valence-electron chi connectivity index (χ3n) is 5.41. The van der Waals surface area contributed by atoms with Crippen LogP contribution in [0.3, 0.4) is 0 Å². The van der Waals surface area contributed by atoms with Gasteiger partial charge in [0.2, 0.25) is 5.91 Å². The number of carbonyl (C=O) groups excluding carboxylic acids is 1. The van der Waals surface area contributed by atoms with E-state index in [0.717, 1.165) is 34.7 Å². The van der Waals surface area contributed by atoms with E-state index in [-0.39, 0.29) is 12.0 Å². The maximum atomic E-state index is 12.7. The average Bonchev–Trinajstić information content (AvgIpc) is 3.27. The summed E-state index contributed by atoms with van der Waals surface area (Å²) in [6, 6.07) is 15.7. The van der Waals surface area contributed by atoms with Crippen LogP contribution in [0.4, 0.5) is 0 Å². The van der Waals surface area contributed by atoms with Crippen molar-refractivity contribution in [3.8, 4) is 17.2 Å². The van der Waals surface area contributed by atoms with Gasteiger partial charge in [-0.05, 0) is 48.4 Å². The molecule has 162 valence electrons. The van der Waals surface area contributed by atoms with E-state index in [9.17, 15) is 4.79 Å². The Morgan fingerprint density at radius 3 is 2.94 bits per heavy atom. The smallest absolute Gasteiger partial charge is 0.234 e. The molecular weight excluding hydrogens is 392 g/mol. The van der Waals surface area contributed by atoms with E-state index < -0.39 is 0 Å². The van der Waals surface area contributed by atoms with E-state index in [0.29, 0.717) is 26.2 Å². The number of nitrogens with zero attached hydrogens (tertiary/aromatic N) is 3. The van der Waals surface area contributed by atoms with Crippen molar-refractivity contribution < 1.29 is 14.3 Å². The number of amides is 1. The van der Waals surface area contributed by atoms with Gasteiger partial charge in [-0.15, -0.1) is 0 Å². The van der Waals surface area contributed by atoms with Crippen LogP contribution in [-0.2, 0) is 17.9 Å². The van der Waals surface area contributed by atoms with Crippen molar-refractivity contribution in [3.63, 3.8) is 0 Å². The molecule has 1 amide bonds. The Labute approximate surface area is 182 Å². The lowest BCUT2D eigenvalue weighted by molar-refractivity contribution is -0.122. The number of nitrogens with one attached hydrogen (secondary N) is 1. The first kappa shape index (κ1) is 20.9. The summed E-state index contributed by atoms with van der Waals surface area (Å²) in [4.78, 5) is 14.8. The van der Waals surface area contributed by atoms with Crippen LogP contribution in [0, 0.1) is 0 Å². The number of benzene rings is 2. The lowest BCUT2D eigenvalue weighted by Gasteiger charge is -2.22. The Bertz CT molecular complexity index is 1020. The van der Waals surface area contributed by atoms with Crippen LogP contribution in [0.15, 0.2) is 60.9 Å². The Hall–Kier alpha value is -3.32. The molecule has 0 saturated carbocycles. The minimum absolute atomic E-state index is 0.00862. The lowest BCUT2D eigenvalue weighted by atomic mass is 10.1. The van der Waals surface area contributed by atoms with Gasteiger partial charge in [-0.1, -0.05) is 19.1 Å². The van der Waals surface area contributed by atoms with E-state index in [1.54, 1.807) is 18.0 Å². The highest BCUT2D eigenvalue weighted by molar-refractivity contribution is 5.78. The molecule has 0 spiro atoms. The fraction of sp³-hybridized carbons (Fsp3) is 0.333. The number of aromatic nitrogens is 2. The van der Waals surface area contributed by atoms with Crippen molar-refractivity contribution in [2.24, 2.45) is 0 Å². The molecule has 1 aromatic heterocycles. The van der Waals surface area contributed by atoms with Crippen LogP contribution in [0.1, 0.15) is 24.5 Å². The molecule has 0 fully saturated rings. The van der Waals surface area contributed by atoms with Gasteiger partial charge in [0.15, 0.2) is 0 Å². The zero-order valence-corrected chi connectivity index (χ0v) is 18.0. The molecule has 31 heavy (non-hydrogen) atoms. The van der Waals surface area contributed by atoms with Crippen molar-refractivity contribution in [1.82, 2.24) is 20.0 Å². The molecule has 1 aliphatic rings. The molecule has 2 aromatic carbocycles. The van der Waals surface area contributed by atoms with E-state index >= 15 is 0 Å². The van der Waals surface area contributed by atoms with Gasteiger partial charge in [0.25, 0.3) is 0 Å². The van der Waals surface area contributed by atoms with Crippen molar-refractivity contribution in [2.75, 3.05) is 20.2 Å². The monoisotopic (exact) mass is 420 g/mol. The Balaban J connectivity index is 1.39. The quantitative estimate of drug-likeness (QED) is 0.636. The molecule has 0 bridgehead atoms. The summed E-state index contributed by atoms with van der Waals surface area (Å²) in [5, 5.41) is 7.30. The standard InChI is InChI=1S/C24H28N4O3/c1-3-21-16-27(15-19-13-22(30-2)8-9-23(19)31-21)17-24(29)25-14-18-6-4-7-20(12-18)28-11-5-10-26-28/h4-13,21H,3,14-17H2,1-2H3,(H,25,29)/t21-/m0/s1. The minimum atomic E-state index is -0.00862. The Morgan fingerprint density at radius 2 is 2.16 bits per heavy atom. The van der Waals surface area contributed by atoms with Crippen LogP contribution >= 0.6 is 0 Å². The molecule has 4 rings (SSSR count). The molecule has 0 aliphatic carbocycles. The van der Waals surface area contributed by atoms with Crippen LogP contribution < -0.4 is 14.8 Å². The van der Waals surface area contributed by atoms with Crippen molar-refractivity contribution >= 4 is 5.91 Å². The summed E-state index contributed by atoms with van der Waals surface area (Å²) in [6.07, 6.45) is 4.57. The van der Waals surface area contributed by atoms with Gasteiger partial charge >= 0.3 is 0 Å². The first-order valence-electron chi connectivity index (χ1n) is 10.6. The summed E-state index contributed by atoms with van der Waals surface area (Å²) in [6.45, 7) is 4.24. The maximum Gasteiger partial charge on any atom is 0.234 e. The van der Waals surface area contributed by atoms with Gasteiger partial charge in [0, 0.05) is 37.6 Å². The Kier molecular flexibility index (Phi) is 6.52. The molecule has 0 saturated heterocycles. The molecule has 3 aromatic rings. The van der Waals surface area contributed by atoms with Crippen molar-refractivity contribution in [1.29, 1.82) is 0 Å². The van der Waals surface area contributed by atoms with E-state index in [4.69, 9.17) is 9.47 Å². The SMILES string of the molecule is CC[C@H]1CN(CC(=O)NCc2cccc(-n3cccn3)c2)Cc2cc(OC)ccc2O1. The molecule has 1 atom stereocenters. The predicted octanol–water partition coefficient (Wildman–Crippen LogP) is 3.17. The Morgan fingerprint density at radius 1 is 1.26 bits per heavy atom. The highest BCUT2D eigenvalue weighted by Crippen LogP contribution is 2.29. The lowest BCUT2D eigenvalue weighted by Crippen LogP contribution is -2.40. The number of hydrogen-bond donors (Lipinski definition) is 1. The molecular formula is C24H28N4O3. The van der Waals surface area contributed by atoms with E-state index in [1.807, 2.05) is 54.7 Å². The summed E-state index contributed by atoms with van der Waals surface area (Å²) >= 11 is 0. The summed E-state index contributed by atoms with van der Waals surface area (Å²) in [7, 11) is 1.65. The summed E-state index contributed by atoms with van der Waals surface area (Å²) in [5.74, 6) is 1.65. The number of rotatable bonds is 7. The molecule has 1 aliphatic heterocycles. The van der Waals surface area contributed by atoms with Crippen molar-refractivity contribution in [2.45, 2.75) is 32.5 Å². The number of hydrogen-bond acceptors (Lipinski definition) is 5. The maximum absolute atomic E-state index is 12.7. The van der Waals surface area contributed by atoms with E-state index in [2.05, 4.69) is 22.2 Å². The molecule has 0 unspecified atom stereocenters. The van der Waals surface area contributed by atoms with Crippen molar-refractivity contribution in [3.05, 3.63) is 72.1 Å². The minimum Gasteiger partial charge on any atom is -0.497 e. The molecule has 7 heteroatoms. The first-order valence-corrected chi connectivity index (χ1v) is 10.6. The fourth-order valence-corrected chi connectivity index (χ4v) is 3.75. The third-order valence-corrected chi connectivity index (χ3v) is 5.41. The second-order valence-electron chi connectivity index (χ2n) is 7.69. The number of fused-ring (bicyclic) bond motifs is 1. The normalized spacial score (nSPS) is 16.1. The molecule has 1 N–H and O–H groups in total. The second-order valence-corrected chi connectivity index (χ2v) is 7.69. The number of carbonyl (C=O) groups is 1. The number of methoxy groups -OCH3 is 1. The van der Waals surface area contributed by atoms with Gasteiger partial charge in [-0.2, -0.15) is 5.10 Å². The largest absolute Gasteiger partial charge is 0.497 e. The van der Waals surface area contributed by atoms with Crippen LogP contribution in [-0.4, -0.2) is 46.9 Å². The van der Waals surface area contributed by atoms with Gasteiger partial charge < -0.3 is 14.8 Å². The third kappa shape index (κ3) is 5.24. The summed E-state index contributed by atoms with van der Waals surface area (Å²) < 4.78 is 13.3. The molecule has 7 nitrogen and oxygen atoms in total. The fourth-order valence-electron chi connectivity index (χ4n) is 3.75. The van der Waals surface area contributed by atoms with Gasteiger partial charge in [-0.3, -0.25) is 9.69 Å². The van der Waals surface area contributed by atoms with Gasteiger partial charge in [0.05, 0.1) is 19.3 Å². The molecule has 2 heterocycles. The average molecular weight is 421 g/mol.